The fourth-order valence-corrected chi connectivity index (χ4v) is 2.82. The number of anilines is 1. The van der Waals surface area contributed by atoms with Crippen molar-refractivity contribution in [2.45, 2.75) is 19.8 Å². The Balaban J connectivity index is 2.24. The number of rotatable bonds is 6. The molecule has 132 valence electrons. The number of nitrogens with one attached hydrogen (secondary N) is 2. The summed E-state index contributed by atoms with van der Waals surface area (Å²) in [4.78, 5) is 9.35. The Morgan fingerprint density at radius 3 is 2.31 bits per heavy atom. The summed E-state index contributed by atoms with van der Waals surface area (Å²) in [5.41, 5.74) is 4.17. The monoisotopic (exact) mass is 348 g/mol. The Kier molecular flexibility index (Phi) is 5.37. The molecule has 0 spiro atoms. The van der Waals surface area contributed by atoms with E-state index in [0.29, 0.717) is 23.7 Å². The van der Waals surface area contributed by atoms with Gasteiger partial charge in [-0.15, -0.1) is 0 Å². The van der Waals surface area contributed by atoms with Crippen molar-refractivity contribution in [2.75, 3.05) is 12.4 Å². The van der Waals surface area contributed by atoms with E-state index in [1.165, 1.54) is 12.1 Å². The van der Waals surface area contributed by atoms with Crippen molar-refractivity contribution in [3.8, 4) is 22.6 Å². The van der Waals surface area contributed by atoms with Gasteiger partial charge in [0.2, 0.25) is 0 Å². The van der Waals surface area contributed by atoms with Gasteiger partial charge < -0.3 is 10.7 Å². The number of aromatic nitrogens is 2. The standard InChI is InChI=1S/C21H21FN4/c1-3-7-17(23)19-20(24-2)18(14-8-5-4-6-9-14)25-21(26-19)15-10-12-16(22)13-11-15/h4-6,8-13,23-24H,3,7H2,1-2H3. The predicted octanol–water partition coefficient (Wildman–Crippen LogP) is 5.16. The SMILES string of the molecule is CCCC(=N)c1nc(-c2ccc(F)cc2)nc(-c2ccccc2)c1NC. The van der Waals surface area contributed by atoms with E-state index in [2.05, 4.69) is 10.3 Å². The Hall–Kier alpha value is -3.08. The number of halogens is 1. The second-order valence-electron chi connectivity index (χ2n) is 5.97. The molecule has 3 aromatic rings. The molecule has 1 heterocycles. The van der Waals surface area contributed by atoms with Gasteiger partial charge in [0.05, 0.1) is 17.1 Å². The van der Waals surface area contributed by atoms with Crippen LogP contribution in [0.3, 0.4) is 0 Å². The van der Waals surface area contributed by atoms with Gasteiger partial charge in [-0.25, -0.2) is 14.4 Å². The molecular weight excluding hydrogens is 327 g/mol. The van der Waals surface area contributed by atoms with Crippen LogP contribution >= 0.6 is 0 Å². The maximum Gasteiger partial charge on any atom is 0.160 e. The first-order valence-electron chi connectivity index (χ1n) is 8.63. The summed E-state index contributed by atoms with van der Waals surface area (Å²) in [5.74, 6) is 0.182. The van der Waals surface area contributed by atoms with Gasteiger partial charge in [-0.05, 0) is 30.7 Å². The normalized spacial score (nSPS) is 10.6. The second kappa shape index (κ2) is 7.87. The molecule has 0 radical (unpaired) electrons. The summed E-state index contributed by atoms with van der Waals surface area (Å²) in [5, 5.41) is 11.6. The Morgan fingerprint density at radius 1 is 1.00 bits per heavy atom. The summed E-state index contributed by atoms with van der Waals surface area (Å²) in [6.45, 7) is 2.04. The van der Waals surface area contributed by atoms with E-state index in [0.717, 1.165) is 28.9 Å². The van der Waals surface area contributed by atoms with Crippen molar-refractivity contribution >= 4 is 11.4 Å². The molecule has 3 rings (SSSR count). The molecule has 0 saturated carbocycles. The highest BCUT2D eigenvalue weighted by Crippen LogP contribution is 2.31. The predicted molar refractivity (Wildman–Crippen MR) is 104 cm³/mol. The fourth-order valence-electron chi connectivity index (χ4n) is 2.82. The van der Waals surface area contributed by atoms with Crippen LogP contribution in [0.2, 0.25) is 0 Å². The molecule has 0 aliphatic heterocycles. The summed E-state index contributed by atoms with van der Waals surface area (Å²) in [6, 6.07) is 15.9. The van der Waals surface area contributed by atoms with Crippen molar-refractivity contribution in [2.24, 2.45) is 0 Å². The zero-order valence-corrected chi connectivity index (χ0v) is 14.9. The lowest BCUT2D eigenvalue weighted by Gasteiger charge is -2.16. The van der Waals surface area contributed by atoms with Crippen molar-refractivity contribution in [1.29, 1.82) is 5.41 Å². The van der Waals surface area contributed by atoms with E-state index < -0.39 is 0 Å². The first-order valence-corrected chi connectivity index (χ1v) is 8.63. The smallest absolute Gasteiger partial charge is 0.160 e. The topological polar surface area (TPSA) is 61.7 Å². The van der Waals surface area contributed by atoms with Crippen LogP contribution in [-0.4, -0.2) is 22.7 Å². The number of hydrogen-bond acceptors (Lipinski definition) is 4. The number of benzene rings is 2. The van der Waals surface area contributed by atoms with Gasteiger partial charge >= 0.3 is 0 Å². The minimum Gasteiger partial charge on any atom is -0.385 e. The van der Waals surface area contributed by atoms with Crippen LogP contribution in [0.1, 0.15) is 25.5 Å². The lowest BCUT2D eigenvalue weighted by Crippen LogP contribution is -2.11. The van der Waals surface area contributed by atoms with Crippen LogP contribution in [0, 0.1) is 11.2 Å². The largest absolute Gasteiger partial charge is 0.385 e. The molecule has 0 saturated heterocycles. The van der Waals surface area contributed by atoms with E-state index in [4.69, 9.17) is 10.4 Å². The van der Waals surface area contributed by atoms with Crippen LogP contribution in [-0.2, 0) is 0 Å². The molecule has 0 fully saturated rings. The van der Waals surface area contributed by atoms with E-state index in [-0.39, 0.29) is 5.82 Å². The molecule has 1 aromatic heterocycles. The molecule has 26 heavy (non-hydrogen) atoms. The van der Waals surface area contributed by atoms with Crippen molar-refractivity contribution in [3.63, 3.8) is 0 Å². The third-order valence-electron chi connectivity index (χ3n) is 4.09. The Bertz CT molecular complexity index is 905. The molecule has 2 aromatic carbocycles. The Morgan fingerprint density at radius 2 is 1.69 bits per heavy atom. The van der Waals surface area contributed by atoms with Crippen LogP contribution in [0.4, 0.5) is 10.1 Å². The summed E-state index contributed by atoms with van der Waals surface area (Å²) in [7, 11) is 1.81. The maximum atomic E-state index is 13.3. The van der Waals surface area contributed by atoms with Crippen molar-refractivity contribution in [3.05, 3.63) is 66.1 Å². The first-order chi connectivity index (χ1) is 12.6. The lowest BCUT2D eigenvalue weighted by atomic mass is 10.0. The van der Waals surface area contributed by atoms with Gasteiger partial charge in [-0.2, -0.15) is 0 Å². The molecule has 0 aliphatic rings. The third kappa shape index (κ3) is 3.61. The van der Waals surface area contributed by atoms with E-state index in [1.807, 2.05) is 44.3 Å². The van der Waals surface area contributed by atoms with Crippen LogP contribution in [0.5, 0.6) is 0 Å². The van der Waals surface area contributed by atoms with Gasteiger partial charge in [-0.1, -0.05) is 43.7 Å². The molecular formula is C21H21FN4. The molecule has 4 nitrogen and oxygen atoms in total. The van der Waals surface area contributed by atoms with Crippen LogP contribution in [0.25, 0.3) is 22.6 Å². The molecule has 0 bridgehead atoms. The Labute approximate surface area is 152 Å². The summed E-state index contributed by atoms with van der Waals surface area (Å²) < 4.78 is 13.3. The van der Waals surface area contributed by atoms with E-state index in [1.54, 1.807) is 12.1 Å². The molecule has 0 atom stereocenters. The minimum absolute atomic E-state index is 0.303. The van der Waals surface area contributed by atoms with Crippen LogP contribution < -0.4 is 5.32 Å². The van der Waals surface area contributed by atoms with Gasteiger partial charge in [0.25, 0.3) is 0 Å². The highest BCUT2D eigenvalue weighted by molar-refractivity contribution is 6.04. The second-order valence-corrected chi connectivity index (χ2v) is 5.97. The molecule has 0 aliphatic carbocycles. The van der Waals surface area contributed by atoms with Crippen LogP contribution in [0.15, 0.2) is 54.6 Å². The number of nitrogens with zero attached hydrogens (tertiary/aromatic N) is 2. The zero-order chi connectivity index (χ0) is 18.5. The first kappa shape index (κ1) is 17.7. The molecule has 0 amide bonds. The van der Waals surface area contributed by atoms with E-state index in [9.17, 15) is 4.39 Å². The quantitative estimate of drug-likeness (QED) is 0.605. The van der Waals surface area contributed by atoms with Gasteiger partial charge in [0, 0.05) is 18.2 Å². The fraction of sp³-hybridized carbons (Fsp3) is 0.190. The third-order valence-corrected chi connectivity index (χ3v) is 4.09. The lowest BCUT2D eigenvalue weighted by molar-refractivity contribution is 0.628. The van der Waals surface area contributed by atoms with Gasteiger partial charge in [0.15, 0.2) is 5.82 Å². The molecule has 2 N–H and O–H groups in total. The number of hydrogen-bond donors (Lipinski definition) is 2. The highest BCUT2D eigenvalue weighted by Gasteiger charge is 2.18. The van der Waals surface area contributed by atoms with Gasteiger partial charge in [0.1, 0.15) is 11.5 Å². The summed E-state index contributed by atoms with van der Waals surface area (Å²) >= 11 is 0. The average Bonchev–Trinajstić information content (AvgIpc) is 2.68. The van der Waals surface area contributed by atoms with Crippen molar-refractivity contribution in [1.82, 2.24) is 9.97 Å². The zero-order valence-electron chi connectivity index (χ0n) is 14.9. The highest BCUT2D eigenvalue weighted by atomic mass is 19.1. The molecule has 0 unspecified atom stereocenters. The van der Waals surface area contributed by atoms with E-state index >= 15 is 0 Å². The molecule has 5 heteroatoms. The minimum atomic E-state index is -0.303. The maximum absolute atomic E-state index is 13.3. The van der Waals surface area contributed by atoms with Gasteiger partial charge in [-0.3, -0.25) is 0 Å². The average molecular weight is 348 g/mol. The summed E-state index contributed by atoms with van der Waals surface area (Å²) in [6.07, 6.45) is 1.49. The van der Waals surface area contributed by atoms with Crippen molar-refractivity contribution < 1.29 is 4.39 Å².